The first-order valence-corrected chi connectivity index (χ1v) is 3.66. The fraction of sp³-hybridized carbons (Fsp3) is 0.429. The predicted molar refractivity (Wildman–Crippen MR) is 46.1 cm³/mol. The van der Waals surface area contributed by atoms with E-state index >= 15 is 0 Å². The van der Waals surface area contributed by atoms with Gasteiger partial charge in [0.2, 0.25) is 0 Å². The smallest absolute Gasteiger partial charge is 0.153 e. The van der Waals surface area contributed by atoms with Gasteiger partial charge in [-0.25, -0.2) is 0 Å². The van der Waals surface area contributed by atoms with Gasteiger partial charge in [0, 0.05) is 20.2 Å². The molecular formula is C7H10ClN3. The summed E-state index contributed by atoms with van der Waals surface area (Å²) in [5.41, 5.74) is 1.89. The van der Waals surface area contributed by atoms with Crippen LogP contribution in [0.4, 0.5) is 5.69 Å². The third-order valence-electron chi connectivity index (χ3n) is 1.40. The largest absolute Gasteiger partial charge is 0.376 e. The van der Waals surface area contributed by atoms with E-state index in [4.69, 9.17) is 11.6 Å². The summed E-state index contributed by atoms with van der Waals surface area (Å²) in [5.74, 6) is 0. The standard InChI is InChI=1S/C7H10ClN3/c1-5-6(11(2)3)4-7(8)10-9-5/h4H,1-3H3. The molecule has 0 unspecified atom stereocenters. The highest BCUT2D eigenvalue weighted by molar-refractivity contribution is 6.29. The summed E-state index contributed by atoms with van der Waals surface area (Å²) < 4.78 is 0. The highest BCUT2D eigenvalue weighted by Gasteiger charge is 2.02. The van der Waals surface area contributed by atoms with Gasteiger partial charge in [0.25, 0.3) is 0 Å². The Morgan fingerprint density at radius 2 is 2.00 bits per heavy atom. The SMILES string of the molecule is Cc1nnc(Cl)cc1N(C)C. The molecule has 1 aromatic heterocycles. The summed E-state index contributed by atoms with van der Waals surface area (Å²) in [6.07, 6.45) is 0. The molecule has 60 valence electrons. The molecule has 4 heteroatoms. The highest BCUT2D eigenvalue weighted by Crippen LogP contribution is 2.17. The molecule has 0 saturated carbocycles. The van der Waals surface area contributed by atoms with Crippen LogP contribution in [0.15, 0.2) is 6.07 Å². The lowest BCUT2D eigenvalue weighted by molar-refractivity contribution is 0.956. The van der Waals surface area contributed by atoms with E-state index in [-0.39, 0.29) is 0 Å². The fourth-order valence-electron chi connectivity index (χ4n) is 0.873. The quantitative estimate of drug-likeness (QED) is 0.642. The van der Waals surface area contributed by atoms with E-state index in [0.717, 1.165) is 11.4 Å². The first-order valence-electron chi connectivity index (χ1n) is 3.28. The van der Waals surface area contributed by atoms with Crippen LogP contribution in [0.2, 0.25) is 5.15 Å². The van der Waals surface area contributed by atoms with E-state index in [9.17, 15) is 0 Å². The van der Waals surface area contributed by atoms with Gasteiger partial charge >= 0.3 is 0 Å². The molecule has 0 amide bonds. The Balaban J connectivity index is 3.13. The van der Waals surface area contributed by atoms with Gasteiger partial charge in [0.1, 0.15) is 0 Å². The molecule has 0 radical (unpaired) electrons. The lowest BCUT2D eigenvalue weighted by Gasteiger charge is -2.13. The number of halogens is 1. The molecule has 0 aliphatic carbocycles. The number of aryl methyl sites for hydroxylation is 1. The first kappa shape index (κ1) is 8.27. The second-order valence-corrected chi connectivity index (χ2v) is 2.92. The highest BCUT2D eigenvalue weighted by atomic mass is 35.5. The van der Waals surface area contributed by atoms with Crippen LogP contribution >= 0.6 is 11.6 Å². The van der Waals surface area contributed by atoms with Crippen LogP contribution in [0.3, 0.4) is 0 Å². The molecule has 0 atom stereocenters. The summed E-state index contributed by atoms with van der Waals surface area (Å²) in [4.78, 5) is 1.95. The average Bonchev–Trinajstić information content (AvgIpc) is 1.94. The Hall–Kier alpha value is -0.830. The van der Waals surface area contributed by atoms with Crippen molar-refractivity contribution >= 4 is 17.3 Å². The van der Waals surface area contributed by atoms with Crippen LogP contribution in [-0.2, 0) is 0 Å². The molecule has 1 aromatic rings. The maximum atomic E-state index is 5.66. The van der Waals surface area contributed by atoms with Crippen molar-refractivity contribution < 1.29 is 0 Å². The first-order chi connectivity index (χ1) is 5.11. The zero-order chi connectivity index (χ0) is 8.43. The molecule has 0 saturated heterocycles. The van der Waals surface area contributed by atoms with Gasteiger partial charge in [-0.15, -0.1) is 5.10 Å². The fourth-order valence-corrected chi connectivity index (χ4v) is 1.01. The van der Waals surface area contributed by atoms with Crippen molar-refractivity contribution in [1.29, 1.82) is 0 Å². The van der Waals surface area contributed by atoms with Crippen LogP contribution in [-0.4, -0.2) is 24.3 Å². The molecule has 1 rings (SSSR count). The summed E-state index contributed by atoms with van der Waals surface area (Å²) in [6.45, 7) is 1.90. The molecule has 0 spiro atoms. The summed E-state index contributed by atoms with van der Waals surface area (Å²) >= 11 is 5.66. The van der Waals surface area contributed by atoms with Crippen molar-refractivity contribution in [2.24, 2.45) is 0 Å². The van der Waals surface area contributed by atoms with Crippen molar-refractivity contribution in [3.63, 3.8) is 0 Å². The molecule has 1 heterocycles. The second kappa shape index (κ2) is 3.05. The van der Waals surface area contributed by atoms with Gasteiger partial charge in [0.05, 0.1) is 11.4 Å². The van der Waals surface area contributed by atoms with Crippen molar-refractivity contribution in [2.75, 3.05) is 19.0 Å². The summed E-state index contributed by atoms with van der Waals surface area (Å²) in [6, 6.07) is 1.80. The molecule has 0 N–H and O–H groups in total. The van der Waals surface area contributed by atoms with Gasteiger partial charge in [-0.05, 0) is 6.92 Å². The zero-order valence-electron chi connectivity index (χ0n) is 6.80. The molecule has 0 aliphatic rings. The number of hydrogen-bond donors (Lipinski definition) is 0. The number of hydrogen-bond acceptors (Lipinski definition) is 3. The van der Waals surface area contributed by atoms with E-state index in [1.54, 1.807) is 6.07 Å². The Kier molecular flexibility index (Phi) is 2.29. The van der Waals surface area contributed by atoms with Crippen LogP contribution in [0, 0.1) is 6.92 Å². The van der Waals surface area contributed by atoms with Crippen molar-refractivity contribution in [1.82, 2.24) is 10.2 Å². The number of nitrogens with zero attached hydrogens (tertiary/aromatic N) is 3. The van der Waals surface area contributed by atoms with Gasteiger partial charge in [-0.3, -0.25) is 0 Å². The molecule has 0 fully saturated rings. The van der Waals surface area contributed by atoms with Gasteiger partial charge < -0.3 is 4.90 Å². The number of aromatic nitrogens is 2. The maximum absolute atomic E-state index is 5.66. The van der Waals surface area contributed by atoms with Crippen LogP contribution < -0.4 is 4.90 Å². The molecule has 0 bridgehead atoms. The number of rotatable bonds is 1. The Morgan fingerprint density at radius 3 is 2.45 bits per heavy atom. The molecule has 0 aliphatic heterocycles. The lowest BCUT2D eigenvalue weighted by atomic mass is 10.3. The Morgan fingerprint density at radius 1 is 1.36 bits per heavy atom. The van der Waals surface area contributed by atoms with Gasteiger partial charge in [0.15, 0.2) is 5.15 Å². The van der Waals surface area contributed by atoms with Crippen LogP contribution in [0.1, 0.15) is 5.69 Å². The van der Waals surface area contributed by atoms with E-state index in [1.807, 2.05) is 25.9 Å². The van der Waals surface area contributed by atoms with Gasteiger partial charge in [-0.2, -0.15) is 5.10 Å². The van der Waals surface area contributed by atoms with E-state index < -0.39 is 0 Å². The predicted octanol–water partition coefficient (Wildman–Crippen LogP) is 1.50. The third kappa shape index (κ3) is 1.80. The van der Waals surface area contributed by atoms with Crippen molar-refractivity contribution in [2.45, 2.75) is 6.92 Å². The Bertz CT molecular complexity index is 260. The number of anilines is 1. The van der Waals surface area contributed by atoms with E-state index in [1.165, 1.54) is 0 Å². The van der Waals surface area contributed by atoms with E-state index in [0.29, 0.717) is 5.15 Å². The lowest BCUT2D eigenvalue weighted by Crippen LogP contribution is -2.11. The zero-order valence-corrected chi connectivity index (χ0v) is 7.55. The van der Waals surface area contributed by atoms with Gasteiger partial charge in [-0.1, -0.05) is 11.6 Å². The van der Waals surface area contributed by atoms with Crippen molar-refractivity contribution in [3.05, 3.63) is 16.9 Å². The summed E-state index contributed by atoms with van der Waals surface area (Å²) in [5, 5.41) is 8.02. The third-order valence-corrected chi connectivity index (χ3v) is 1.59. The normalized spacial score (nSPS) is 9.82. The average molecular weight is 172 g/mol. The summed E-state index contributed by atoms with van der Waals surface area (Å²) in [7, 11) is 3.89. The monoisotopic (exact) mass is 171 g/mol. The molecular weight excluding hydrogens is 162 g/mol. The minimum absolute atomic E-state index is 0.430. The molecule has 3 nitrogen and oxygen atoms in total. The van der Waals surface area contributed by atoms with Crippen molar-refractivity contribution in [3.8, 4) is 0 Å². The van der Waals surface area contributed by atoms with E-state index in [2.05, 4.69) is 10.2 Å². The second-order valence-electron chi connectivity index (χ2n) is 2.53. The minimum atomic E-state index is 0.430. The Labute approximate surface area is 71.0 Å². The topological polar surface area (TPSA) is 29.0 Å². The molecule has 0 aromatic carbocycles. The maximum Gasteiger partial charge on any atom is 0.153 e. The minimum Gasteiger partial charge on any atom is -0.376 e. The molecule has 11 heavy (non-hydrogen) atoms. The van der Waals surface area contributed by atoms with Crippen LogP contribution in [0.25, 0.3) is 0 Å². The van der Waals surface area contributed by atoms with Crippen LogP contribution in [0.5, 0.6) is 0 Å².